The van der Waals surface area contributed by atoms with Crippen LogP contribution in [0.15, 0.2) is 35.3 Å². The van der Waals surface area contributed by atoms with Crippen molar-refractivity contribution in [3.05, 3.63) is 35.9 Å². The van der Waals surface area contributed by atoms with Gasteiger partial charge >= 0.3 is 0 Å². The van der Waals surface area contributed by atoms with Crippen molar-refractivity contribution in [2.75, 3.05) is 31.6 Å². The first-order valence-corrected chi connectivity index (χ1v) is 10.9. The van der Waals surface area contributed by atoms with E-state index in [2.05, 4.69) is 66.0 Å². The van der Waals surface area contributed by atoms with Crippen LogP contribution < -0.4 is 10.6 Å². The van der Waals surface area contributed by atoms with E-state index in [4.69, 9.17) is 4.99 Å². The Morgan fingerprint density at radius 1 is 1.27 bits per heavy atom. The molecule has 0 radical (unpaired) electrons. The third kappa shape index (κ3) is 8.48. The highest BCUT2D eigenvalue weighted by Gasteiger charge is 2.29. The molecule has 2 unspecified atom stereocenters. The van der Waals surface area contributed by atoms with Gasteiger partial charge in [-0.1, -0.05) is 30.3 Å². The topological polar surface area (TPSA) is 39.7 Å². The average Bonchev–Trinajstić information content (AvgIpc) is 2.95. The molecule has 0 amide bonds. The summed E-state index contributed by atoms with van der Waals surface area (Å²) in [4.78, 5) is 7.31. The number of aliphatic imine (C=N–C) groups is 1. The normalized spacial score (nSPS) is 20.7. The Balaban J connectivity index is 0.00000338. The molecule has 1 aromatic carbocycles. The molecule has 26 heavy (non-hydrogen) atoms. The van der Waals surface area contributed by atoms with Gasteiger partial charge < -0.3 is 10.6 Å². The Hall–Kier alpha value is -0.470. The molecular weight excluding hydrogens is 455 g/mol. The second-order valence-corrected chi connectivity index (χ2v) is 7.79. The number of hydrogen-bond acceptors (Lipinski definition) is 3. The molecule has 0 aromatic heterocycles. The molecule has 1 aromatic rings. The van der Waals surface area contributed by atoms with Crippen LogP contribution in [0.5, 0.6) is 0 Å². The van der Waals surface area contributed by atoms with Crippen molar-refractivity contribution < 1.29 is 0 Å². The molecule has 2 rings (SSSR count). The summed E-state index contributed by atoms with van der Waals surface area (Å²) in [5, 5.41) is 7.04. The Morgan fingerprint density at radius 2 is 2.04 bits per heavy atom. The highest BCUT2D eigenvalue weighted by molar-refractivity contribution is 14.0. The van der Waals surface area contributed by atoms with E-state index in [0.29, 0.717) is 12.1 Å². The van der Waals surface area contributed by atoms with Crippen LogP contribution in [0, 0.1) is 0 Å². The number of hydrogen-bond donors (Lipinski definition) is 2. The summed E-state index contributed by atoms with van der Waals surface area (Å²) < 4.78 is 0. The first kappa shape index (κ1) is 23.6. The summed E-state index contributed by atoms with van der Waals surface area (Å²) >= 11 is 1.91. The molecule has 2 N–H and O–H groups in total. The number of nitrogens with zero attached hydrogens (tertiary/aromatic N) is 2. The van der Waals surface area contributed by atoms with Crippen molar-refractivity contribution in [2.24, 2.45) is 4.99 Å². The van der Waals surface area contributed by atoms with Crippen molar-refractivity contribution in [1.29, 1.82) is 0 Å². The maximum absolute atomic E-state index is 4.75. The molecule has 1 aliphatic heterocycles. The first-order valence-electron chi connectivity index (χ1n) is 9.54. The van der Waals surface area contributed by atoms with Crippen molar-refractivity contribution in [3.8, 4) is 0 Å². The smallest absolute Gasteiger partial charge is 0.191 e. The van der Waals surface area contributed by atoms with Crippen LogP contribution in [0.25, 0.3) is 0 Å². The van der Waals surface area contributed by atoms with Gasteiger partial charge in [0.25, 0.3) is 0 Å². The quantitative estimate of drug-likeness (QED) is 0.238. The number of thioether (sulfide) groups is 1. The lowest BCUT2D eigenvalue weighted by Crippen LogP contribution is -2.44. The Kier molecular flexibility index (Phi) is 12.4. The molecule has 6 heteroatoms. The maximum Gasteiger partial charge on any atom is 0.191 e. The number of nitrogens with one attached hydrogen (secondary N) is 2. The summed E-state index contributed by atoms with van der Waals surface area (Å²) in [5.74, 6) is 2.21. The van der Waals surface area contributed by atoms with E-state index >= 15 is 0 Å². The second-order valence-electron chi connectivity index (χ2n) is 6.80. The molecule has 0 saturated carbocycles. The van der Waals surface area contributed by atoms with Gasteiger partial charge in [-0.05, 0) is 50.7 Å². The van der Waals surface area contributed by atoms with Crippen LogP contribution in [0.1, 0.15) is 38.7 Å². The van der Waals surface area contributed by atoms with Crippen LogP contribution in [0.4, 0.5) is 0 Å². The second kappa shape index (κ2) is 13.7. The summed E-state index contributed by atoms with van der Waals surface area (Å²) in [6.45, 7) is 8.38. The summed E-state index contributed by atoms with van der Waals surface area (Å²) in [6, 6.07) is 11.8. The Bertz CT molecular complexity index is 512. The lowest BCUT2D eigenvalue weighted by Gasteiger charge is -2.21. The van der Waals surface area contributed by atoms with Gasteiger partial charge in [-0.15, -0.1) is 24.0 Å². The van der Waals surface area contributed by atoms with Gasteiger partial charge in [0.05, 0.1) is 0 Å². The summed E-state index contributed by atoms with van der Waals surface area (Å²) in [6.07, 6.45) is 5.75. The van der Waals surface area contributed by atoms with E-state index in [0.717, 1.165) is 32.1 Å². The number of guanidine groups is 1. The van der Waals surface area contributed by atoms with Gasteiger partial charge in [-0.2, -0.15) is 11.8 Å². The van der Waals surface area contributed by atoms with Crippen molar-refractivity contribution in [3.63, 3.8) is 0 Å². The Labute approximate surface area is 181 Å². The first-order chi connectivity index (χ1) is 12.2. The minimum absolute atomic E-state index is 0. The summed E-state index contributed by atoms with van der Waals surface area (Å²) in [5.41, 5.74) is 1.39. The third-order valence-electron chi connectivity index (χ3n) is 4.64. The molecule has 148 valence electrons. The van der Waals surface area contributed by atoms with Gasteiger partial charge in [0.1, 0.15) is 0 Å². The van der Waals surface area contributed by atoms with Gasteiger partial charge in [-0.25, -0.2) is 0 Å². The van der Waals surface area contributed by atoms with Crippen LogP contribution >= 0.6 is 35.7 Å². The fraction of sp³-hybridized carbons (Fsp3) is 0.650. The number of benzene rings is 1. The Morgan fingerprint density at radius 3 is 2.73 bits per heavy atom. The minimum atomic E-state index is 0. The molecule has 0 bridgehead atoms. The standard InChI is InChI=1S/C20H34N4S.HI/c1-4-21-20(22-12-8-9-13-25-3)23-19-14-17(2)24(16-19)15-18-10-6-5-7-11-18;/h5-7,10-11,17,19H,4,8-9,12-16H2,1-3H3,(H2,21,22,23);1H. The molecule has 0 spiro atoms. The van der Waals surface area contributed by atoms with Crippen LogP contribution in [0.2, 0.25) is 0 Å². The fourth-order valence-corrected chi connectivity index (χ4v) is 3.80. The zero-order chi connectivity index (χ0) is 17.9. The van der Waals surface area contributed by atoms with Gasteiger partial charge in [0, 0.05) is 38.3 Å². The highest BCUT2D eigenvalue weighted by atomic mass is 127. The van der Waals surface area contributed by atoms with E-state index < -0.39 is 0 Å². The molecule has 1 saturated heterocycles. The number of unbranched alkanes of at least 4 members (excludes halogenated alkanes) is 1. The zero-order valence-electron chi connectivity index (χ0n) is 16.4. The van der Waals surface area contributed by atoms with E-state index in [9.17, 15) is 0 Å². The van der Waals surface area contributed by atoms with Crippen molar-refractivity contribution in [1.82, 2.24) is 15.5 Å². The fourth-order valence-electron chi connectivity index (χ4n) is 3.30. The van der Waals surface area contributed by atoms with Gasteiger partial charge in [0.2, 0.25) is 0 Å². The molecule has 1 aliphatic rings. The monoisotopic (exact) mass is 490 g/mol. The number of likely N-dealkylation sites (tertiary alicyclic amines) is 1. The van der Waals surface area contributed by atoms with E-state index in [1.54, 1.807) is 0 Å². The largest absolute Gasteiger partial charge is 0.357 e. The maximum atomic E-state index is 4.75. The zero-order valence-corrected chi connectivity index (χ0v) is 19.6. The predicted molar refractivity (Wildman–Crippen MR) is 127 cm³/mol. The number of halogens is 1. The summed E-state index contributed by atoms with van der Waals surface area (Å²) in [7, 11) is 0. The van der Waals surface area contributed by atoms with Crippen LogP contribution in [-0.4, -0.2) is 54.6 Å². The molecule has 2 atom stereocenters. The number of rotatable bonds is 9. The molecule has 1 heterocycles. The van der Waals surface area contributed by atoms with E-state index in [1.165, 1.54) is 30.6 Å². The van der Waals surface area contributed by atoms with Gasteiger partial charge in [0.15, 0.2) is 5.96 Å². The lowest BCUT2D eigenvalue weighted by atomic mass is 10.2. The molecular formula is C20H35IN4S. The molecule has 4 nitrogen and oxygen atoms in total. The molecule has 1 fully saturated rings. The van der Waals surface area contributed by atoms with E-state index in [1.807, 2.05) is 11.8 Å². The van der Waals surface area contributed by atoms with Crippen molar-refractivity contribution in [2.45, 2.75) is 51.7 Å². The minimum Gasteiger partial charge on any atom is -0.357 e. The highest BCUT2D eigenvalue weighted by Crippen LogP contribution is 2.20. The predicted octanol–water partition coefficient (Wildman–Crippen LogP) is 3.97. The van der Waals surface area contributed by atoms with E-state index in [-0.39, 0.29) is 24.0 Å². The third-order valence-corrected chi connectivity index (χ3v) is 5.34. The lowest BCUT2D eigenvalue weighted by molar-refractivity contribution is 0.258. The average molecular weight is 490 g/mol. The van der Waals surface area contributed by atoms with Gasteiger partial charge in [-0.3, -0.25) is 9.89 Å². The van der Waals surface area contributed by atoms with Crippen LogP contribution in [0.3, 0.4) is 0 Å². The van der Waals surface area contributed by atoms with Crippen LogP contribution in [-0.2, 0) is 6.54 Å². The van der Waals surface area contributed by atoms with Crippen molar-refractivity contribution >= 4 is 41.7 Å². The molecule has 0 aliphatic carbocycles. The SMILES string of the molecule is CCNC(=NCCCCSC)NC1CC(C)N(Cc2ccccc2)C1.I.